The van der Waals surface area contributed by atoms with E-state index in [9.17, 15) is 4.79 Å². The van der Waals surface area contributed by atoms with Gasteiger partial charge < -0.3 is 5.32 Å². The molecule has 1 unspecified atom stereocenters. The van der Waals surface area contributed by atoms with Gasteiger partial charge in [-0.15, -0.1) is 0 Å². The van der Waals surface area contributed by atoms with Gasteiger partial charge in [0.25, 0.3) is 5.56 Å². The van der Waals surface area contributed by atoms with Crippen molar-refractivity contribution in [3.8, 4) is 0 Å². The molecule has 1 atom stereocenters. The molecular formula is C16H23N3O. The summed E-state index contributed by atoms with van der Waals surface area (Å²) in [5.41, 5.74) is 0.797. The Bertz CT molecular complexity index is 646. The first-order chi connectivity index (χ1) is 9.54. The summed E-state index contributed by atoms with van der Waals surface area (Å²) in [6.07, 6.45) is 0.908. The lowest BCUT2D eigenvalue weighted by molar-refractivity contribution is 0.436. The minimum atomic E-state index is 0.0235. The molecule has 1 N–H and O–H groups in total. The van der Waals surface area contributed by atoms with Crippen molar-refractivity contribution in [3.05, 3.63) is 40.4 Å². The molecule has 0 radical (unpaired) electrons. The van der Waals surface area contributed by atoms with E-state index in [1.807, 2.05) is 24.3 Å². The Balaban J connectivity index is 2.47. The average molecular weight is 273 g/mol. The van der Waals surface area contributed by atoms with Crippen LogP contribution in [0.1, 0.15) is 39.1 Å². The quantitative estimate of drug-likeness (QED) is 0.911. The van der Waals surface area contributed by atoms with Crippen LogP contribution >= 0.6 is 0 Å². The van der Waals surface area contributed by atoms with Gasteiger partial charge in [0, 0.05) is 7.05 Å². The van der Waals surface area contributed by atoms with Crippen molar-refractivity contribution in [2.24, 2.45) is 13.0 Å². The molecule has 4 heteroatoms. The lowest BCUT2D eigenvalue weighted by atomic mass is 10.1. The number of rotatable bonds is 5. The summed E-state index contributed by atoms with van der Waals surface area (Å²) in [6, 6.07) is 7.63. The molecule has 0 saturated heterocycles. The van der Waals surface area contributed by atoms with Crippen LogP contribution in [0, 0.1) is 5.92 Å². The highest BCUT2D eigenvalue weighted by Crippen LogP contribution is 2.16. The monoisotopic (exact) mass is 273 g/mol. The molecule has 0 aliphatic carbocycles. The molecule has 2 rings (SSSR count). The fraction of sp³-hybridized carbons (Fsp3) is 0.500. The average Bonchev–Trinajstić information content (AvgIpc) is 2.44. The molecule has 0 saturated carbocycles. The Morgan fingerprint density at radius 1 is 1.30 bits per heavy atom. The van der Waals surface area contributed by atoms with Gasteiger partial charge in [-0.25, -0.2) is 4.98 Å². The maximum absolute atomic E-state index is 12.4. The number of fused-ring (bicyclic) bond motifs is 1. The Morgan fingerprint density at radius 2 is 2.00 bits per heavy atom. The first-order valence-corrected chi connectivity index (χ1v) is 7.23. The van der Waals surface area contributed by atoms with E-state index in [4.69, 9.17) is 0 Å². The van der Waals surface area contributed by atoms with Gasteiger partial charge in [0.05, 0.1) is 16.9 Å². The van der Waals surface area contributed by atoms with E-state index in [2.05, 4.69) is 31.1 Å². The van der Waals surface area contributed by atoms with Crippen LogP contribution in [0.15, 0.2) is 29.1 Å². The van der Waals surface area contributed by atoms with Gasteiger partial charge in [0.2, 0.25) is 0 Å². The van der Waals surface area contributed by atoms with Crippen LogP contribution in [-0.4, -0.2) is 16.1 Å². The zero-order valence-corrected chi connectivity index (χ0v) is 12.7. The topological polar surface area (TPSA) is 46.9 Å². The van der Waals surface area contributed by atoms with Gasteiger partial charge in [-0.3, -0.25) is 9.36 Å². The van der Waals surface area contributed by atoms with Gasteiger partial charge >= 0.3 is 0 Å². The Morgan fingerprint density at radius 3 is 2.65 bits per heavy atom. The van der Waals surface area contributed by atoms with Crippen molar-refractivity contribution in [1.29, 1.82) is 0 Å². The standard InChI is InChI=1S/C16H23N3O/c1-5-13(17-10-11(2)3)15-18-14-9-7-6-8-12(14)16(20)19(15)4/h6-9,11,13,17H,5,10H2,1-4H3. The second-order valence-corrected chi connectivity index (χ2v) is 5.61. The van der Waals surface area contributed by atoms with Gasteiger partial charge in [-0.2, -0.15) is 0 Å². The highest BCUT2D eigenvalue weighted by Gasteiger charge is 2.16. The second-order valence-electron chi connectivity index (χ2n) is 5.61. The zero-order chi connectivity index (χ0) is 14.7. The minimum absolute atomic E-state index is 0.0235. The lowest BCUT2D eigenvalue weighted by Gasteiger charge is -2.20. The van der Waals surface area contributed by atoms with Crippen LogP contribution in [0.3, 0.4) is 0 Å². The van der Waals surface area contributed by atoms with Crippen LogP contribution in [0.2, 0.25) is 0 Å². The molecule has 0 fully saturated rings. The summed E-state index contributed by atoms with van der Waals surface area (Å²) in [6.45, 7) is 7.37. The molecule has 20 heavy (non-hydrogen) atoms. The largest absolute Gasteiger partial charge is 0.307 e. The predicted octanol–water partition coefficient (Wildman–Crippen LogP) is 2.63. The number of hydrogen-bond donors (Lipinski definition) is 1. The third kappa shape index (κ3) is 2.90. The van der Waals surface area contributed by atoms with E-state index in [-0.39, 0.29) is 11.6 Å². The number of para-hydroxylation sites is 1. The first-order valence-electron chi connectivity index (χ1n) is 7.23. The molecule has 1 heterocycles. The van der Waals surface area contributed by atoms with Crippen LogP contribution in [0.25, 0.3) is 10.9 Å². The maximum Gasteiger partial charge on any atom is 0.261 e. The van der Waals surface area contributed by atoms with Crippen molar-refractivity contribution in [2.45, 2.75) is 33.2 Å². The summed E-state index contributed by atoms with van der Waals surface area (Å²) in [7, 11) is 1.80. The molecular weight excluding hydrogens is 250 g/mol. The summed E-state index contributed by atoms with van der Waals surface area (Å²) >= 11 is 0. The summed E-state index contributed by atoms with van der Waals surface area (Å²) < 4.78 is 1.67. The number of nitrogens with one attached hydrogen (secondary N) is 1. The van der Waals surface area contributed by atoms with Crippen LogP contribution in [0.5, 0.6) is 0 Å². The Labute approximate surface area is 119 Å². The second kappa shape index (κ2) is 6.18. The molecule has 1 aromatic heterocycles. The van der Waals surface area contributed by atoms with E-state index < -0.39 is 0 Å². The zero-order valence-electron chi connectivity index (χ0n) is 12.7. The van der Waals surface area contributed by atoms with Crippen LogP contribution in [-0.2, 0) is 7.05 Å². The Hall–Kier alpha value is -1.68. The number of hydrogen-bond acceptors (Lipinski definition) is 3. The van der Waals surface area contributed by atoms with Gasteiger partial charge in [-0.1, -0.05) is 32.9 Å². The molecule has 0 amide bonds. The van der Waals surface area contributed by atoms with E-state index in [1.54, 1.807) is 11.6 Å². The Kier molecular flexibility index (Phi) is 4.55. The van der Waals surface area contributed by atoms with Crippen molar-refractivity contribution < 1.29 is 0 Å². The molecule has 0 spiro atoms. The first kappa shape index (κ1) is 14.7. The van der Waals surface area contributed by atoms with Gasteiger partial charge in [0.15, 0.2) is 0 Å². The van der Waals surface area contributed by atoms with E-state index in [0.717, 1.165) is 24.3 Å². The van der Waals surface area contributed by atoms with Crippen molar-refractivity contribution >= 4 is 10.9 Å². The van der Waals surface area contributed by atoms with Crippen molar-refractivity contribution in [1.82, 2.24) is 14.9 Å². The van der Waals surface area contributed by atoms with Crippen LogP contribution < -0.4 is 10.9 Å². The van der Waals surface area contributed by atoms with Gasteiger partial charge in [-0.05, 0) is 31.0 Å². The molecule has 0 aliphatic rings. The number of nitrogens with zero attached hydrogens (tertiary/aromatic N) is 2. The third-order valence-electron chi connectivity index (χ3n) is 3.51. The van der Waals surface area contributed by atoms with Gasteiger partial charge in [0.1, 0.15) is 5.82 Å². The normalized spacial score (nSPS) is 13.1. The summed E-state index contributed by atoms with van der Waals surface area (Å²) in [4.78, 5) is 17.1. The lowest BCUT2D eigenvalue weighted by Crippen LogP contribution is -2.32. The van der Waals surface area contributed by atoms with E-state index in [1.165, 1.54) is 0 Å². The SMILES string of the molecule is CCC(NCC(C)C)c1nc2ccccc2c(=O)n1C. The van der Waals surface area contributed by atoms with E-state index >= 15 is 0 Å². The fourth-order valence-electron chi connectivity index (χ4n) is 2.34. The predicted molar refractivity (Wildman–Crippen MR) is 82.9 cm³/mol. The number of aromatic nitrogens is 2. The molecule has 108 valence electrons. The highest BCUT2D eigenvalue weighted by molar-refractivity contribution is 5.77. The molecule has 4 nitrogen and oxygen atoms in total. The highest BCUT2D eigenvalue weighted by atomic mass is 16.1. The number of benzene rings is 1. The molecule has 1 aromatic carbocycles. The van der Waals surface area contributed by atoms with Crippen molar-refractivity contribution in [3.63, 3.8) is 0 Å². The molecule has 0 aliphatic heterocycles. The maximum atomic E-state index is 12.4. The third-order valence-corrected chi connectivity index (χ3v) is 3.51. The summed E-state index contributed by atoms with van der Waals surface area (Å²) in [5.74, 6) is 1.39. The smallest absolute Gasteiger partial charge is 0.261 e. The fourth-order valence-corrected chi connectivity index (χ4v) is 2.34. The molecule has 0 bridgehead atoms. The van der Waals surface area contributed by atoms with E-state index in [0.29, 0.717) is 11.3 Å². The summed E-state index contributed by atoms with van der Waals surface area (Å²) in [5, 5.41) is 4.17. The van der Waals surface area contributed by atoms with Crippen LogP contribution in [0.4, 0.5) is 0 Å². The minimum Gasteiger partial charge on any atom is -0.307 e. The van der Waals surface area contributed by atoms with Crippen molar-refractivity contribution in [2.75, 3.05) is 6.54 Å². The molecule has 2 aromatic rings.